The van der Waals surface area contributed by atoms with E-state index in [2.05, 4.69) is 55.8 Å². The van der Waals surface area contributed by atoms with Crippen molar-refractivity contribution in [3.05, 3.63) is 70.7 Å². The minimum absolute atomic E-state index is 0.115. The first-order valence-electron chi connectivity index (χ1n) is 14.2. The van der Waals surface area contributed by atoms with Crippen molar-refractivity contribution >= 4 is 17.5 Å². The minimum atomic E-state index is -0.272. The molecule has 2 heterocycles. The summed E-state index contributed by atoms with van der Waals surface area (Å²) in [6, 6.07) is 12.9. The molecule has 1 aliphatic heterocycles. The zero-order valence-electron chi connectivity index (χ0n) is 24.3. The Labute approximate surface area is 232 Å². The number of aromatic nitrogens is 2. The summed E-state index contributed by atoms with van der Waals surface area (Å²) in [5, 5.41) is 8.16. The molecule has 0 spiro atoms. The highest BCUT2D eigenvalue weighted by Crippen LogP contribution is 2.31. The standard InChI is InChI=1S/C31H43FN6O/c1-7-15-37(31(39)33-29-14-9-23(5)20-24(29)6)21-27-28(8-2)34-38(26-12-10-25(32)11-13-26)30(27)36-18-16-35(17-19-36)22(3)4/h9-14,20,22H,7-8,15-19,21H2,1-6H3,(H,33,39). The van der Waals surface area contributed by atoms with Crippen LogP contribution in [0.1, 0.15) is 56.5 Å². The summed E-state index contributed by atoms with van der Waals surface area (Å²) in [6.45, 7) is 17.4. The summed E-state index contributed by atoms with van der Waals surface area (Å²) in [6.07, 6.45) is 1.58. The molecule has 4 rings (SSSR count). The highest BCUT2D eigenvalue weighted by molar-refractivity contribution is 5.90. The molecule has 2 aromatic carbocycles. The largest absolute Gasteiger partial charge is 0.354 e. The van der Waals surface area contributed by atoms with Gasteiger partial charge in [-0.1, -0.05) is 31.5 Å². The number of carbonyl (C=O) groups excluding carboxylic acids is 1. The fourth-order valence-corrected chi connectivity index (χ4v) is 5.33. The minimum Gasteiger partial charge on any atom is -0.354 e. The molecule has 1 saturated heterocycles. The van der Waals surface area contributed by atoms with E-state index in [-0.39, 0.29) is 11.8 Å². The highest BCUT2D eigenvalue weighted by atomic mass is 19.1. The topological polar surface area (TPSA) is 56.6 Å². The molecule has 3 aromatic rings. The van der Waals surface area contributed by atoms with Crippen LogP contribution in [0.5, 0.6) is 0 Å². The van der Waals surface area contributed by atoms with E-state index < -0.39 is 0 Å². The van der Waals surface area contributed by atoms with Gasteiger partial charge in [0.1, 0.15) is 11.6 Å². The highest BCUT2D eigenvalue weighted by Gasteiger charge is 2.29. The SMILES string of the molecule is CCCN(Cc1c(CC)nn(-c2ccc(F)cc2)c1N1CCN(C(C)C)CC1)C(=O)Nc1ccc(C)cc1C. The van der Waals surface area contributed by atoms with Crippen molar-refractivity contribution in [2.45, 2.75) is 67.0 Å². The second kappa shape index (κ2) is 12.6. The number of aryl methyl sites for hydroxylation is 3. The molecular formula is C31H43FN6O. The van der Waals surface area contributed by atoms with Crippen molar-refractivity contribution in [3.63, 3.8) is 0 Å². The average Bonchev–Trinajstić information content (AvgIpc) is 3.28. The Morgan fingerprint density at radius 2 is 1.74 bits per heavy atom. The van der Waals surface area contributed by atoms with Gasteiger partial charge in [-0.25, -0.2) is 13.9 Å². The quantitative estimate of drug-likeness (QED) is 0.357. The van der Waals surface area contributed by atoms with Crippen molar-refractivity contribution in [2.75, 3.05) is 42.9 Å². The molecule has 8 heteroatoms. The normalized spacial score (nSPS) is 14.2. The van der Waals surface area contributed by atoms with Gasteiger partial charge in [-0.3, -0.25) is 4.90 Å². The van der Waals surface area contributed by atoms with Gasteiger partial charge in [-0.15, -0.1) is 0 Å². The van der Waals surface area contributed by atoms with E-state index in [0.29, 0.717) is 19.1 Å². The number of urea groups is 1. The van der Waals surface area contributed by atoms with E-state index in [1.165, 1.54) is 17.7 Å². The van der Waals surface area contributed by atoms with Gasteiger partial charge < -0.3 is 15.1 Å². The molecular weight excluding hydrogens is 491 g/mol. The Morgan fingerprint density at radius 3 is 2.33 bits per heavy atom. The maximum Gasteiger partial charge on any atom is 0.322 e. The van der Waals surface area contributed by atoms with Crippen LogP contribution >= 0.6 is 0 Å². The Hall–Kier alpha value is -3.39. The van der Waals surface area contributed by atoms with Crippen molar-refractivity contribution in [3.8, 4) is 5.69 Å². The number of anilines is 2. The lowest BCUT2D eigenvalue weighted by Gasteiger charge is -2.38. The van der Waals surface area contributed by atoms with E-state index in [4.69, 9.17) is 5.10 Å². The van der Waals surface area contributed by atoms with E-state index in [1.54, 1.807) is 12.1 Å². The van der Waals surface area contributed by atoms with Gasteiger partial charge >= 0.3 is 6.03 Å². The molecule has 1 aliphatic rings. The zero-order chi connectivity index (χ0) is 28.1. The van der Waals surface area contributed by atoms with E-state index in [9.17, 15) is 9.18 Å². The third kappa shape index (κ3) is 6.61. The Bertz CT molecular complexity index is 1260. The van der Waals surface area contributed by atoms with E-state index in [1.807, 2.05) is 28.6 Å². The summed E-state index contributed by atoms with van der Waals surface area (Å²) in [4.78, 5) is 20.3. The van der Waals surface area contributed by atoms with Crippen LogP contribution in [0.2, 0.25) is 0 Å². The van der Waals surface area contributed by atoms with Crippen molar-refractivity contribution in [1.82, 2.24) is 19.6 Å². The summed E-state index contributed by atoms with van der Waals surface area (Å²) < 4.78 is 15.8. The number of nitrogens with zero attached hydrogens (tertiary/aromatic N) is 5. The molecule has 0 aliphatic carbocycles. The summed E-state index contributed by atoms with van der Waals surface area (Å²) in [5.74, 6) is 0.730. The molecule has 0 radical (unpaired) electrons. The van der Waals surface area contributed by atoms with Crippen molar-refractivity contribution in [2.24, 2.45) is 0 Å². The number of hydrogen-bond acceptors (Lipinski definition) is 4. The number of nitrogens with one attached hydrogen (secondary N) is 1. The molecule has 0 unspecified atom stereocenters. The number of hydrogen-bond donors (Lipinski definition) is 1. The molecule has 1 fully saturated rings. The Balaban J connectivity index is 1.71. The Kier molecular flexibility index (Phi) is 9.28. The van der Waals surface area contributed by atoms with E-state index in [0.717, 1.165) is 73.0 Å². The van der Waals surface area contributed by atoms with Crippen LogP contribution < -0.4 is 10.2 Å². The monoisotopic (exact) mass is 534 g/mol. The molecule has 1 N–H and O–H groups in total. The first-order chi connectivity index (χ1) is 18.7. The van der Waals surface area contributed by atoms with Gasteiger partial charge in [0.2, 0.25) is 0 Å². The average molecular weight is 535 g/mol. The second-order valence-electron chi connectivity index (χ2n) is 10.8. The fourth-order valence-electron chi connectivity index (χ4n) is 5.33. The van der Waals surface area contributed by atoms with Crippen LogP contribution in [0.15, 0.2) is 42.5 Å². The summed E-state index contributed by atoms with van der Waals surface area (Å²) in [7, 11) is 0. The lowest BCUT2D eigenvalue weighted by atomic mass is 10.1. The van der Waals surface area contributed by atoms with Crippen LogP contribution in [0.4, 0.5) is 20.7 Å². The van der Waals surface area contributed by atoms with Crippen LogP contribution in [0.3, 0.4) is 0 Å². The van der Waals surface area contributed by atoms with Gasteiger partial charge in [0.05, 0.1) is 17.9 Å². The van der Waals surface area contributed by atoms with Crippen LogP contribution in [-0.4, -0.2) is 64.4 Å². The molecule has 210 valence electrons. The fraction of sp³-hybridized carbons (Fsp3) is 0.484. The van der Waals surface area contributed by atoms with E-state index >= 15 is 0 Å². The lowest BCUT2D eigenvalue weighted by Crippen LogP contribution is -2.49. The van der Waals surface area contributed by atoms with Crippen molar-refractivity contribution in [1.29, 1.82) is 0 Å². The van der Waals surface area contributed by atoms with Gasteiger partial charge in [0.15, 0.2) is 0 Å². The Morgan fingerprint density at radius 1 is 1.05 bits per heavy atom. The number of benzene rings is 2. The second-order valence-corrected chi connectivity index (χ2v) is 10.8. The van der Waals surface area contributed by atoms with Gasteiger partial charge in [0.25, 0.3) is 0 Å². The number of rotatable bonds is 9. The number of halogens is 1. The maximum absolute atomic E-state index is 13.8. The maximum atomic E-state index is 13.8. The van der Waals surface area contributed by atoms with Crippen LogP contribution in [0.25, 0.3) is 5.69 Å². The molecule has 0 saturated carbocycles. The smallest absolute Gasteiger partial charge is 0.322 e. The first kappa shape index (κ1) is 28.6. The number of carbonyl (C=O) groups is 1. The predicted molar refractivity (Wildman–Crippen MR) is 157 cm³/mol. The zero-order valence-corrected chi connectivity index (χ0v) is 24.3. The van der Waals surface area contributed by atoms with Crippen molar-refractivity contribution < 1.29 is 9.18 Å². The number of amides is 2. The molecule has 1 aromatic heterocycles. The molecule has 39 heavy (non-hydrogen) atoms. The molecule has 7 nitrogen and oxygen atoms in total. The van der Waals surface area contributed by atoms with Gasteiger partial charge in [-0.05, 0) is 76.4 Å². The molecule has 0 atom stereocenters. The first-order valence-corrected chi connectivity index (χ1v) is 14.2. The summed E-state index contributed by atoms with van der Waals surface area (Å²) >= 11 is 0. The van der Waals surface area contributed by atoms with Crippen LogP contribution in [-0.2, 0) is 13.0 Å². The van der Waals surface area contributed by atoms with Gasteiger partial charge in [0, 0.05) is 50.0 Å². The van der Waals surface area contributed by atoms with Crippen LogP contribution in [0, 0.1) is 19.7 Å². The third-order valence-corrected chi connectivity index (χ3v) is 7.54. The lowest BCUT2D eigenvalue weighted by molar-refractivity contribution is 0.206. The van der Waals surface area contributed by atoms with Gasteiger partial charge in [-0.2, -0.15) is 5.10 Å². The molecule has 0 bridgehead atoms. The molecule has 2 amide bonds. The number of piperazine rings is 1. The predicted octanol–water partition coefficient (Wildman–Crippen LogP) is 6.17. The third-order valence-electron chi connectivity index (χ3n) is 7.54. The summed E-state index contributed by atoms with van der Waals surface area (Å²) in [5.41, 5.74) is 5.88.